The van der Waals surface area contributed by atoms with E-state index in [1.54, 1.807) is 31.2 Å². The van der Waals surface area contributed by atoms with Gasteiger partial charge in [0.2, 0.25) is 5.91 Å². The lowest BCUT2D eigenvalue weighted by molar-refractivity contribution is -0.134. The molecule has 18 heavy (non-hydrogen) atoms. The molecule has 2 unspecified atom stereocenters. The highest BCUT2D eigenvalue weighted by Gasteiger charge is 2.35. The van der Waals surface area contributed by atoms with Crippen molar-refractivity contribution in [3.05, 3.63) is 29.8 Å². The average Bonchev–Trinajstić information content (AvgIpc) is 2.32. The minimum Gasteiger partial charge on any atom is -0.508 e. The quantitative estimate of drug-likeness (QED) is 0.832. The molecular formula is C13H16N2O3. The summed E-state index contributed by atoms with van der Waals surface area (Å²) in [6, 6.07) is 6.01. The predicted octanol–water partition coefficient (Wildman–Crippen LogP) is 1.47. The summed E-state index contributed by atoms with van der Waals surface area (Å²) in [6.45, 7) is 3.78. The number of nitrogens with one attached hydrogen (secondary N) is 1. The molecule has 5 nitrogen and oxygen atoms in total. The van der Waals surface area contributed by atoms with Gasteiger partial charge in [-0.25, -0.2) is 4.79 Å². The second-order valence-electron chi connectivity index (χ2n) is 4.62. The highest BCUT2D eigenvalue weighted by molar-refractivity contribution is 5.98. The summed E-state index contributed by atoms with van der Waals surface area (Å²) in [4.78, 5) is 25.0. The molecule has 0 aromatic heterocycles. The lowest BCUT2D eigenvalue weighted by Gasteiger charge is -2.34. The number of imide groups is 1. The van der Waals surface area contributed by atoms with E-state index in [-0.39, 0.29) is 36.2 Å². The highest BCUT2D eigenvalue weighted by Crippen LogP contribution is 2.18. The zero-order valence-electron chi connectivity index (χ0n) is 10.4. The Kier molecular flexibility index (Phi) is 3.23. The van der Waals surface area contributed by atoms with Crippen LogP contribution in [0.15, 0.2) is 24.3 Å². The molecule has 0 bridgehead atoms. The summed E-state index contributed by atoms with van der Waals surface area (Å²) in [5.41, 5.74) is 0.722. The molecule has 2 N–H and O–H groups in total. The van der Waals surface area contributed by atoms with Crippen LogP contribution in [0.2, 0.25) is 0 Å². The van der Waals surface area contributed by atoms with Crippen LogP contribution in [0.25, 0.3) is 0 Å². The Morgan fingerprint density at radius 1 is 1.33 bits per heavy atom. The van der Waals surface area contributed by atoms with Gasteiger partial charge in [-0.2, -0.15) is 0 Å². The topological polar surface area (TPSA) is 69.6 Å². The first kappa shape index (κ1) is 12.4. The van der Waals surface area contributed by atoms with Crippen molar-refractivity contribution >= 4 is 11.9 Å². The summed E-state index contributed by atoms with van der Waals surface area (Å²) in [6.07, 6.45) is 0. The number of amides is 3. The van der Waals surface area contributed by atoms with E-state index >= 15 is 0 Å². The van der Waals surface area contributed by atoms with E-state index in [4.69, 9.17) is 0 Å². The van der Waals surface area contributed by atoms with E-state index in [9.17, 15) is 14.7 Å². The third-order valence-corrected chi connectivity index (χ3v) is 3.25. The normalized spacial score (nSPS) is 24.0. The van der Waals surface area contributed by atoms with Gasteiger partial charge >= 0.3 is 6.03 Å². The molecule has 1 aliphatic heterocycles. The Labute approximate surface area is 105 Å². The van der Waals surface area contributed by atoms with Crippen molar-refractivity contribution in [2.24, 2.45) is 5.92 Å². The standard InChI is InChI=1S/C13H16N2O3/c1-8-9(2)14-13(18)15(12(8)17)7-10-4-3-5-11(16)6-10/h3-6,8-9,16H,7H2,1-2H3,(H,14,18). The van der Waals surface area contributed by atoms with E-state index in [0.29, 0.717) is 0 Å². The Balaban J connectivity index is 2.18. The van der Waals surface area contributed by atoms with E-state index in [1.807, 2.05) is 6.92 Å². The molecule has 5 heteroatoms. The van der Waals surface area contributed by atoms with E-state index < -0.39 is 0 Å². The molecule has 2 rings (SSSR count). The lowest BCUT2D eigenvalue weighted by Crippen LogP contribution is -2.57. The molecule has 0 radical (unpaired) electrons. The summed E-state index contributed by atoms with van der Waals surface area (Å²) in [5, 5.41) is 12.1. The number of benzene rings is 1. The first-order valence-corrected chi connectivity index (χ1v) is 5.89. The second-order valence-corrected chi connectivity index (χ2v) is 4.62. The lowest BCUT2D eigenvalue weighted by atomic mass is 9.99. The van der Waals surface area contributed by atoms with Gasteiger partial charge in [0, 0.05) is 6.04 Å². The van der Waals surface area contributed by atoms with Gasteiger partial charge in [-0.05, 0) is 24.6 Å². The van der Waals surface area contributed by atoms with Crippen LogP contribution in [-0.2, 0) is 11.3 Å². The van der Waals surface area contributed by atoms with Gasteiger partial charge in [-0.3, -0.25) is 9.69 Å². The van der Waals surface area contributed by atoms with Crippen molar-refractivity contribution in [1.82, 2.24) is 10.2 Å². The van der Waals surface area contributed by atoms with E-state index in [0.717, 1.165) is 5.56 Å². The van der Waals surface area contributed by atoms with Gasteiger partial charge in [0.1, 0.15) is 5.75 Å². The molecule has 1 aliphatic rings. The first-order chi connectivity index (χ1) is 8.49. The Morgan fingerprint density at radius 2 is 2.06 bits per heavy atom. The number of phenolic OH excluding ortho intramolecular Hbond substituents is 1. The zero-order valence-corrected chi connectivity index (χ0v) is 10.4. The summed E-state index contributed by atoms with van der Waals surface area (Å²) < 4.78 is 0. The van der Waals surface area contributed by atoms with Crippen LogP contribution in [0.1, 0.15) is 19.4 Å². The van der Waals surface area contributed by atoms with Crippen LogP contribution in [0.5, 0.6) is 5.75 Å². The molecule has 0 spiro atoms. The minimum atomic E-state index is -0.381. The van der Waals surface area contributed by atoms with Gasteiger partial charge in [-0.1, -0.05) is 19.1 Å². The molecule has 1 aromatic rings. The minimum absolute atomic E-state index is 0.124. The van der Waals surface area contributed by atoms with Gasteiger partial charge < -0.3 is 10.4 Å². The smallest absolute Gasteiger partial charge is 0.324 e. The van der Waals surface area contributed by atoms with Gasteiger partial charge in [-0.15, -0.1) is 0 Å². The monoisotopic (exact) mass is 248 g/mol. The van der Waals surface area contributed by atoms with Crippen molar-refractivity contribution in [3.63, 3.8) is 0 Å². The number of nitrogens with zero attached hydrogens (tertiary/aromatic N) is 1. The van der Waals surface area contributed by atoms with Gasteiger partial charge in [0.15, 0.2) is 0 Å². The molecule has 1 aromatic carbocycles. The number of hydrogen-bond acceptors (Lipinski definition) is 3. The Hall–Kier alpha value is -2.04. The summed E-state index contributed by atoms with van der Waals surface area (Å²) in [5.74, 6) is -0.298. The number of carbonyl (C=O) groups excluding carboxylic acids is 2. The fourth-order valence-electron chi connectivity index (χ4n) is 1.94. The number of phenols is 1. The van der Waals surface area contributed by atoms with Crippen LogP contribution in [0.4, 0.5) is 4.79 Å². The molecule has 1 heterocycles. The van der Waals surface area contributed by atoms with Crippen molar-refractivity contribution in [3.8, 4) is 5.75 Å². The molecule has 2 atom stereocenters. The maximum absolute atomic E-state index is 12.0. The Bertz CT molecular complexity index is 487. The molecule has 96 valence electrons. The number of carbonyl (C=O) groups is 2. The fourth-order valence-corrected chi connectivity index (χ4v) is 1.94. The maximum atomic E-state index is 12.0. The van der Waals surface area contributed by atoms with Crippen LogP contribution >= 0.6 is 0 Å². The molecule has 1 saturated heterocycles. The van der Waals surface area contributed by atoms with E-state index in [1.165, 1.54) is 4.90 Å². The third kappa shape index (κ3) is 2.30. The summed E-state index contributed by atoms with van der Waals surface area (Å²) in [7, 11) is 0. The molecule has 0 aliphatic carbocycles. The summed E-state index contributed by atoms with van der Waals surface area (Å²) >= 11 is 0. The highest BCUT2D eigenvalue weighted by atomic mass is 16.3. The molecular weight excluding hydrogens is 232 g/mol. The Morgan fingerprint density at radius 3 is 2.72 bits per heavy atom. The van der Waals surface area contributed by atoms with Crippen LogP contribution in [-0.4, -0.2) is 28.0 Å². The molecule has 1 fully saturated rings. The third-order valence-electron chi connectivity index (χ3n) is 3.25. The van der Waals surface area contributed by atoms with Crippen LogP contribution in [0, 0.1) is 5.92 Å². The molecule has 3 amide bonds. The van der Waals surface area contributed by atoms with Crippen molar-refractivity contribution in [2.45, 2.75) is 26.4 Å². The van der Waals surface area contributed by atoms with Crippen LogP contribution < -0.4 is 5.32 Å². The fraction of sp³-hybridized carbons (Fsp3) is 0.385. The number of rotatable bonds is 2. The van der Waals surface area contributed by atoms with Crippen molar-refractivity contribution in [2.75, 3.05) is 0 Å². The number of aromatic hydroxyl groups is 1. The number of urea groups is 1. The average molecular weight is 248 g/mol. The predicted molar refractivity (Wildman–Crippen MR) is 65.8 cm³/mol. The first-order valence-electron chi connectivity index (χ1n) is 5.89. The van der Waals surface area contributed by atoms with Gasteiger partial charge in [0.05, 0.1) is 12.5 Å². The van der Waals surface area contributed by atoms with Crippen molar-refractivity contribution < 1.29 is 14.7 Å². The van der Waals surface area contributed by atoms with E-state index in [2.05, 4.69) is 5.32 Å². The maximum Gasteiger partial charge on any atom is 0.324 e. The number of hydrogen-bond donors (Lipinski definition) is 2. The largest absolute Gasteiger partial charge is 0.508 e. The van der Waals surface area contributed by atoms with Crippen LogP contribution in [0.3, 0.4) is 0 Å². The SMILES string of the molecule is CC1NC(=O)N(Cc2cccc(O)c2)C(=O)C1C. The second kappa shape index (κ2) is 4.68. The van der Waals surface area contributed by atoms with Gasteiger partial charge in [0.25, 0.3) is 0 Å². The van der Waals surface area contributed by atoms with Crippen molar-refractivity contribution in [1.29, 1.82) is 0 Å². The molecule has 0 saturated carbocycles. The zero-order chi connectivity index (χ0) is 13.3.